The van der Waals surface area contributed by atoms with E-state index in [0.717, 1.165) is 16.8 Å². The predicted octanol–water partition coefficient (Wildman–Crippen LogP) is 4.71. The topological polar surface area (TPSA) is 51.0 Å². The zero-order chi connectivity index (χ0) is 16.7. The largest absolute Gasteiger partial charge is 0.466 e. The molecule has 2 rings (SSSR count). The number of methoxy groups -OCH3 is 1. The molecule has 0 unspecified atom stereocenters. The third-order valence-electron chi connectivity index (χ3n) is 3.25. The molecule has 0 bridgehead atoms. The Hall–Kier alpha value is -2.97. The van der Waals surface area contributed by atoms with E-state index in [4.69, 9.17) is 0 Å². The number of ether oxygens (including phenoxy) is 1. The van der Waals surface area contributed by atoms with E-state index < -0.39 is 5.97 Å². The van der Waals surface area contributed by atoms with Crippen LogP contribution in [0.2, 0.25) is 0 Å². The minimum atomic E-state index is -0.394. The minimum Gasteiger partial charge on any atom is -0.466 e. The second-order valence-corrected chi connectivity index (χ2v) is 5.03. The van der Waals surface area contributed by atoms with Crippen molar-refractivity contribution in [3.05, 3.63) is 65.7 Å². The molecule has 0 atom stereocenters. The van der Waals surface area contributed by atoms with Gasteiger partial charge < -0.3 is 4.74 Å². The van der Waals surface area contributed by atoms with Gasteiger partial charge in [0.05, 0.1) is 18.5 Å². The van der Waals surface area contributed by atoms with Crippen molar-refractivity contribution in [3.8, 4) is 0 Å². The predicted molar refractivity (Wildman–Crippen MR) is 92.5 cm³/mol. The fraction of sp³-hybridized carbons (Fsp3) is 0.158. The van der Waals surface area contributed by atoms with Gasteiger partial charge in [-0.2, -0.15) is 9.98 Å². The normalized spacial score (nSPS) is 10.7. The van der Waals surface area contributed by atoms with E-state index in [1.165, 1.54) is 18.7 Å². The number of benzene rings is 2. The van der Waals surface area contributed by atoms with Crippen LogP contribution in [0, 0.1) is 6.92 Å². The van der Waals surface area contributed by atoms with Gasteiger partial charge >= 0.3 is 5.97 Å². The third kappa shape index (κ3) is 4.77. The van der Waals surface area contributed by atoms with Gasteiger partial charge in [0.25, 0.3) is 0 Å². The van der Waals surface area contributed by atoms with Gasteiger partial charge in [-0.25, -0.2) is 4.79 Å². The number of carbonyl (C=O) groups is 1. The Bertz CT molecular complexity index is 783. The third-order valence-corrected chi connectivity index (χ3v) is 3.25. The molecule has 0 aliphatic carbocycles. The van der Waals surface area contributed by atoms with Gasteiger partial charge in [0, 0.05) is 11.6 Å². The fourth-order valence-electron chi connectivity index (χ4n) is 1.97. The first kappa shape index (κ1) is 16.4. The van der Waals surface area contributed by atoms with Crippen LogP contribution in [0.15, 0.2) is 64.6 Å². The molecule has 2 aromatic rings. The lowest BCUT2D eigenvalue weighted by Crippen LogP contribution is -1.95. The Morgan fingerprint density at radius 2 is 1.78 bits per heavy atom. The number of carbonyl (C=O) groups excluding carboxylic acids is 1. The monoisotopic (exact) mass is 306 g/mol. The van der Waals surface area contributed by atoms with Crippen LogP contribution in [0.25, 0.3) is 5.57 Å². The van der Waals surface area contributed by atoms with Crippen molar-refractivity contribution in [1.29, 1.82) is 0 Å². The molecule has 0 amide bonds. The van der Waals surface area contributed by atoms with Crippen LogP contribution >= 0.6 is 0 Å². The van der Waals surface area contributed by atoms with E-state index in [1.54, 1.807) is 0 Å². The van der Waals surface area contributed by atoms with Crippen molar-refractivity contribution >= 4 is 28.9 Å². The van der Waals surface area contributed by atoms with E-state index in [9.17, 15) is 4.79 Å². The Kier molecular flexibility index (Phi) is 5.61. The van der Waals surface area contributed by atoms with E-state index >= 15 is 0 Å². The molecule has 0 aliphatic heterocycles. The molecule has 0 aromatic heterocycles. The number of esters is 1. The summed E-state index contributed by atoms with van der Waals surface area (Å²) in [6.07, 6.45) is 1.44. The van der Waals surface area contributed by atoms with Gasteiger partial charge in [0.2, 0.25) is 0 Å². The Labute approximate surface area is 135 Å². The lowest BCUT2D eigenvalue weighted by molar-refractivity contribution is -0.134. The first-order valence-electron chi connectivity index (χ1n) is 7.19. The molecule has 116 valence electrons. The number of hydrogen-bond donors (Lipinski definition) is 0. The highest BCUT2D eigenvalue weighted by Gasteiger charge is 2.04. The summed E-state index contributed by atoms with van der Waals surface area (Å²) in [5, 5.41) is 0. The highest BCUT2D eigenvalue weighted by Crippen LogP contribution is 2.25. The van der Waals surface area contributed by atoms with Crippen LogP contribution in [-0.4, -0.2) is 19.1 Å². The van der Waals surface area contributed by atoms with Gasteiger partial charge in [-0.15, -0.1) is 0 Å². The standard InChI is InChI=1S/C19H18N2O2/c1-14-8-10-16(11-9-14)20-13-21-18-7-5-4-6-17(18)15(2)12-19(22)23-3/h4-12H,1-3H3/b15-12+. The first-order chi connectivity index (χ1) is 11.1. The summed E-state index contributed by atoms with van der Waals surface area (Å²) < 4.78 is 4.65. The van der Waals surface area contributed by atoms with E-state index in [-0.39, 0.29) is 0 Å². The average Bonchev–Trinajstić information content (AvgIpc) is 2.57. The second kappa shape index (κ2) is 7.87. The van der Waals surface area contributed by atoms with Crippen LogP contribution in [0.1, 0.15) is 18.1 Å². The number of nitrogens with zero attached hydrogens (tertiary/aromatic N) is 2. The maximum absolute atomic E-state index is 11.4. The average molecular weight is 306 g/mol. The number of aliphatic imine (C=N–C) groups is 2. The van der Waals surface area contributed by atoms with Crippen LogP contribution in [0.5, 0.6) is 0 Å². The van der Waals surface area contributed by atoms with Crippen LogP contribution < -0.4 is 0 Å². The smallest absolute Gasteiger partial charge is 0.330 e. The summed E-state index contributed by atoms with van der Waals surface area (Å²) >= 11 is 0. The number of allylic oxidation sites excluding steroid dienone is 1. The highest BCUT2D eigenvalue weighted by molar-refractivity contribution is 5.92. The van der Waals surface area contributed by atoms with Crippen LogP contribution in [0.3, 0.4) is 0 Å². The highest BCUT2D eigenvalue weighted by atomic mass is 16.5. The first-order valence-corrected chi connectivity index (χ1v) is 7.19. The number of para-hydroxylation sites is 1. The van der Waals surface area contributed by atoms with Gasteiger partial charge in [0.15, 0.2) is 0 Å². The summed E-state index contributed by atoms with van der Waals surface area (Å²) in [5.41, 5.74) is 4.27. The molecule has 0 saturated carbocycles. The molecule has 0 N–H and O–H groups in total. The minimum absolute atomic E-state index is 0.394. The molecule has 0 heterocycles. The molecule has 0 fully saturated rings. The molecular formula is C19H18N2O2. The van der Waals surface area contributed by atoms with Crippen molar-refractivity contribution < 1.29 is 9.53 Å². The molecule has 4 heteroatoms. The van der Waals surface area contributed by atoms with Crippen molar-refractivity contribution in [1.82, 2.24) is 0 Å². The van der Waals surface area contributed by atoms with Crippen LogP contribution in [-0.2, 0) is 9.53 Å². The molecule has 23 heavy (non-hydrogen) atoms. The van der Waals surface area contributed by atoms with Crippen molar-refractivity contribution in [3.63, 3.8) is 0 Å². The molecule has 4 nitrogen and oxygen atoms in total. The Morgan fingerprint density at radius 1 is 1.09 bits per heavy atom. The molecule has 0 aliphatic rings. The maximum atomic E-state index is 11.4. The zero-order valence-electron chi connectivity index (χ0n) is 13.4. The molecule has 2 aromatic carbocycles. The maximum Gasteiger partial charge on any atom is 0.330 e. The van der Waals surface area contributed by atoms with Crippen molar-refractivity contribution in [2.75, 3.05) is 7.11 Å². The molecule has 0 saturated heterocycles. The lowest BCUT2D eigenvalue weighted by atomic mass is 10.1. The Balaban J connectivity index is 2.30. The van der Waals surface area contributed by atoms with Crippen molar-refractivity contribution in [2.24, 2.45) is 9.98 Å². The zero-order valence-corrected chi connectivity index (χ0v) is 13.4. The van der Waals surface area contributed by atoms with E-state index in [2.05, 4.69) is 20.7 Å². The quantitative estimate of drug-likeness (QED) is 0.466. The lowest BCUT2D eigenvalue weighted by Gasteiger charge is -2.04. The van der Waals surface area contributed by atoms with Crippen LogP contribution in [0.4, 0.5) is 11.4 Å². The summed E-state index contributed by atoms with van der Waals surface area (Å²) in [5.74, 6) is -0.394. The van der Waals surface area contributed by atoms with Gasteiger partial charge in [0.1, 0.15) is 6.01 Å². The van der Waals surface area contributed by atoms with Gasteiger partial charge in [-0.3, -0.25) is 0 Å². The summed E-state index contributed by atoms with van der Waals surface area (Å²) in [4.78, 5) is 19.8. The van der Waals surface area contributed by atoms with Gasteiger partial charge in [-0.1, -0.05) is 35.9 Å². The molecule has 0 spiro atoms. The second-order valence-electron chi connectivity index (χ2n) is 5.03. The number of rotatable bonds is 4. The number of aryl methyl sites for hydroxylation is 1. The molecule has 0 radical (unpaired) electrons. The fourth-order valence-corrected chi connectivity index (χ4v) is 1.97. The van der Waals surface area contributed by atoms with Gasteiger partial charge in [-0.05, 0) is 37.6 Å². The summed E-state index contributed by atoms with van der Waals surface area (Å²) in [7, 11) is 1.35. The Morgan fingerprint density at radius 3 is 2.48 bits per heavy atom. The molecular weight excluding hydrogens is 288 g/mol. The van der Waals surface area contributed by atoms with Crippen molar-refractivity contribution in [2.45, 2.75) is 13.8 Å². The summed E-state index contributed by atoms with van der Waals surface area (Å²) in [6.45, 7) is 3.86. The SMILES string of the molecule is COC(=O)/C=C(\C)c1ccccc1N=C=Nc1ccc(C)cc1. The van der Waals surface area contributed by atoms with E-state index in [0.29, 0.717) is 5.69 Å². The number of hydrogen-bond acceptors (Lipinski definition) is 4. The summed E-state index contributed by atoms with van der Waals surface area (Å²) in [6, 6.07) is 18.0. The van der Waals surface area contributed by atoms with E-state index in [1.807, 2.05) is 62.4 Å².